The molecular weight excluding hydrogens is 314 g/mol. The van der Waals surface area contributed by atoms with Gasteiger partial charge in [-0.25, -0.2) is 4.79 Å². The highest BCUT2D eigenvalue weighted by Gasteiger charge is 2.23. The molecule has 0 fully saturated rings. The molecule has 3 N–H and O–H groups in total. The molecule has 8 heteroatoms. The van der Waals surface area contributed by atoms with E-state index in [0.717, 1.165) is 0 Å². The Morgan fingerprint density at radius 2 is 1.89 bits per heavy atom. The van der Waals surface area contributed by atoms with Crippen molar-refractivity contribution in [2.24, 2.45) is 5.73 Å². The van der Waals surface area contributed by atoms with E-state index in [4.69, 9.17) is 45.3 Å². The molecule has 0 aliphatic rings. The van der Waals surface area contributed by atoms with Crippen LogP contribution in [0.4, 0.5) is 5.69 Å². The van der Waals surface area contributed by atoms with Crippen LogP contribution in [-0.2, 0) is 9.53 Å². The maximum Gasteiger partial charge on any atom is 0.340 e. The van der Waals surface area contributed by atoms with Crippen LogP contribution in [0.1, 0.15) is 10.4 Å². The minimum Gasteiger partial charge on any atom is -0.457 e. The summed E-state index contributed by atoms with van der Waals surface area (Å²) in [6, 6.07) is 6.45. The summed E-state index contributed by atoms with van der Waals surface area (Å²) in [5.74, 6) is -1.22. The number of nitrogens with two attached hydrogens (primary N) is 1. The fourth-order valence-corrected chi connectivity index (χ4v) is 1.39. The Kier molecular flexibility index (Phi) is 5.72. The number of esters is 1. The number of benzene rings is 1. The van der Waals surface area contributed by atoms with Gasteiger partial charge in [-0.3, -0.25) is 4.79 Å². The highest BCUT2D eigenvalue weighted by Crippen LogP contribution is 2.27. The molecule has 0 saturated carbocycles. The summed E-state index contributed by atoms with van der Waals surface area (Å²) in [7, 11) is 0. The predicted octanol–water partition coefficient (Wildman–Crippen LogP) is 2.11. The molecule has 1 aromatic carbocycles. The third kappa shape index (κ3) is 6.00. The standard InChI is InChI=1S/C11H11Cl3N2O3/c12-11(13,14)6-19-10(18)7-3-1-2-4-8(7)16-5-9(15)17/h1-4,16H,5-6H2,(H2,15,17). The zero-order valence-corrected chi connectivity index (χ0v) is 11.9. The second kappa shape index (κ2) is 6.84. The van der Waals surface area contributed by atoms with Gasteiger partial charge in [-0.05, 0) is 12.1 Å². The van der Waals surface area contributed by atoms with Crippen molar-refractivity contribution in [3.8, 4) is 0 Å². The van der Waals surface area contributed by atoms with Gasteiger partial charge in [-0.1, -0.05) is 46.9 Å². The Morgan fingerprint density at radius 3 is 2.47 bits per heavy atom. The average Bonchev–Trinajstić information content (AvgIpc) is 2.33. The molecule has 19 heavy (non-hydrogen) atoms. The molecule has 0 bridgehead atoms. The Labute approximate surface area is 124 Å². The van der Waals surface area contributed by atoms with Crippen molar-refractivity contribution in [3.05, 3.63) is 29.8 Å². The molecular formula is C11H11Cl3N2O3. The summed E-state index contributed by atoms with van der Waals surface area (Å²) in [6.45, 7) is -0.477. The van der Waals surface area contributed by atoms with Crippen LogP contribution in [0.3, 0.4) is 0 Å². The molecule has 0 saturated heterocycles. The summed E-state index contributed by atoms with van der Waals surface area (Å²) in [6.07, 6.45) is 0. The second-order valence-corrected chi connectivity index (χ2v) is 6.07. The van der Waals surface area contributed by atoms with Gasteiger partial charge in [-0.2, -0.15) is 0 Å². The normalized spacial score (nSPS) is 10.9. The zero-order chi connectivity index (χ0) is 14.5. The number of carbonyl (C=O) groups excluding carboxylic acids is 2. The summed E-state index contributed by atoms with van der Waals surface area (Å²) in [5, 5.41) is 2.72. The largest absolute Gasteiger partial charge is 0.457 e. The lowest BCUT2D eigenvalue weighted by Crippen LogP contribution is -2.23. The lowest BCUT2D eigenvalue weighted by Gasteiger charge is -2.13. The zero-order valence-electron chi connectivity index (χ0n) is 9.66. The molecule has 0 aliphatic carbocycles. The van der Waals surface area contributed by atoms with E-state index in [0.29, 0.717) is 5.69 Å². The lowest BCUT2D eigenvalue weighted by atomic mass is 10.2. The molecule has 0 unspecified atom stereocenters. The van der Waals surface area contributed by atoms with E-state index >= 15 is 0 Å². The van der Waals surface area contributed by atoms with Gasteiger partial charge in [0.05, 0.1) is 12.1 Å². The van der Waals surface area contributed by atoms with Gasteiger partial charge in [-0.15, -0.1) is 0 Å². The number of ether oxygens (including phenoxy) is 1. The van der Waals surface area contributed by atoms with Gasteiger partial charge in [0.25, 0.3) is 0 Å². The van der Waals surface area contributed by atoms with E-state index in [9.17, 15) is 9.59 Å². The summed E-state index contributed by atoms with van der Waals surface area (Å²) < 4.78 is 3.17. The number of para-hydroxylation sites is 1. The van der Waals surface area contributed by atoms with Gasteiger partial charge in [0.15, 0.2) is 0 Å². The number of nitrogens with one attached hydrogen (secondary N) is 1. The van der Waals surface area contributed by atoms with E-state index in [1.807, 2.05) is 0 Å². The van der Waals surface area contributed by atoms with Crippen LogP contribution in [0.2, 0.25) is 0 Å². The quantitative estimate of drug-likeness (QED) is 0.642. The minimum absolute atomic E-state index is 0.102. The SMILES string of the molecule is NC(=O)CNc1ccccc1C(=O)OCC(Cl)(Cl)Cl. The highest BCUT2D eigenvalue weighted by molar-refractivity contribution is 6.67. The maximum atomic E-state index is 11.8. The Hall–Kier alpha value is -1.17. The van der Waals surface area contributed by atoms with Gasteiger partial charge in [0, 0.05) is 5.69 Å². The van der Waals surface area contributed by atoms with E-state index in [-0.39, 0.29) is 18.7 Å². The summed E-state index contributed by atoms with van der Waals surface area (Å²) >= 11 is 16.5. The molecule has 0 aliphatic heterocycles. The maximum absolute atomic E-state index is 11.8. The number of hydrogen-bond acceptors (Lipinski definition) is 4. The molecule has 1 aromatic rings. The molecule has 5 nitrogen and oxygen atoms in total. The third-order valence-electron chi connectivity index (χ3n) is 1.97. The topological polar surface area (TPSA) is 81.4 Å². The fraction of sp³-hybridized carbons (Fsp3) is 0.273. The van der Waals surface area contributed by atoms with Crippen LogP contribution in [-0.4, -0.2) is 28.8 Å². The van der Waals surface area contributed by atoms with Gasteiger partial charge >= 0.3 is 5.97 Å². The van der Waals surface area contributed by atoms with Crippen molar-refractivity contribution in [1.29, 1.82) is 0 Å². The Morgan fingerprint density at radius 1 is 1.26 bits per heavy atom. The van der Waals surface area contributed by atoms with Crippen molar-refractivity contribution < 1.29 is 14.3 Å². The first kappa shape index (κ1) is 15.9. The number of rotatable bonds is 5. The van der Waals surface area contributed by atoms with Gasteiger partial charge < -0.3 is 15.8 Å². The van der Waals surface area contributed by atoms with E-state index < -0.39 is 15.7 Å². The first-order chi connectivity index (χ1) is 8.79. The molecule has 0 radical (unpaired) electrons. The third-order valence-corrected chi connectivity index (χ3v) is 2.29. The Bertz CT molecular complexity index is 474. The average molecular weight is 326 g/mol. The van der Waals surface area contributed by atoms with Crippen LogP contribution < -0.4 is 11.1 Å². The van der Waals surface area contributed by atoms with Crippen molar-refractivity contribution in [1.82, 2.24) is 0 Å². The molecule has 0 atom stereocenters. The number of carbonyl (C=O) groups is 2. The number of hydrogen-bond donors (Lipinski definition) is 2. The monoisotopic (exact) mass is 324 g/mol. The molecule has 104 valence electrons. The molecule has 0 heterocycles. The van der Waals surface area contributed by atoms with Crippen molar-refractivity contribution in [3.63, 3.8) is 0 Å². The lowest BCUT2D eigenvalue weighted by molar-refractivity contribution is -0.116. The molecule has 0 aromatic heterocycles. The minimum atomic E-state index is -1.68. The Balaban J connectivity index is 2.76. The number of alkyl halides is 3. The first-order valence-corrected chi connectivity index (χ1v) is 6.28. The number of anilines is 1. The van der Waals surface area contributed by atoms with E-state index in [2.05, 4.69) is 5.32 Å². The van der Waals surface area contributed by atoms with Crippen LogP contribution >= 0.6 is 34.8 Å². The number of halogens is 3. The van der Waals surface area contributed by atoms with Crippen LogP contribution in [0.15, 0.2) is 24.3 Å². The fourth-order valence-electron chi connectivity index (χ4n) is 1.22. The highest BCUT2D eigenvalue weighted by atomic mass is 35.6. The number of amides is 1. The van der Waals surface area contributed by atoms with Crippen molar-refractivity contribution >= 4 is 52.4 Å². The van der Waals surface area contributed by atoms with Gasteiger partial charge in [0.1, 0.15) is 6.61 Å². The second-order valence-electron chi connectivity index (χ2n) is 3.56. The molecule has 1 amide bonds. The predicted molar refractivity (Wildman–Crippen MR) is 74.7 cm³/mol. The number of primary amides is 1. The van der Waals surface area contributed by atoms with E-state index in [1.165, 1.54) is 6.07 Å². The van der Waals surface area contributed by atoms with Crippen molar-refractivity contribution in [2.75, 3.05) is 18.5 Å². The summed E-state index contributed by atoms with van der Waals surface area (Å²) in [5.41, 5.74) is 5.65. The van der Waals surface area contributed by atoms with Crippen LogP contribution in [0.25, 0.3) is 0 Å². The van der Waals surface area contributed by atoms with Gasteiger partial charge in [0.2, 0.25) is 9.70 Å². The molecule has 1 rings (SSSR count). The first-order valence-electron chi connectivity index (χ1n) is 5.14. The molecule has 0 spiro atoms. The smallest absolute Gasteiger partial charge is 0.340 e. The van der Waals surface area contributed by atoms with Crippen LogP contribution in [0.5, 0.6) is 0 Å². The van der Waals surface area contributed by atoms with Crippen LogP contribution in [0, 0.1) is 0 Å². The summed E-state index contributed by atoms with van der Waals surface area (Å²) in [4.78, 5) is 22.5. The van der Waals surface area contributed by atoms with Crippen molar-refractivity contribution in [2.45, 2.75) is 3.79 Å². The van der Waals surface area contributed by atoms with E-state index in [1.54, 1.807) is 18.2 Å².